The number of aryl methyl sites for hydroxylation is 2. The average Bonchev–Trinajstić information content (AvgIpc) is 3.23. The van der Waals surface area contributed by atoms with Gasteiger partial charge in [-0.15, -0.1) is 11.3 Å². The summed E-state index contributed by atoms with van der Waals surface area (Å²) in [6, 6.07) is 0.916. The molecule has 3 heterocycles. The largest absolute Gasteiger partial charge is 0.433 e. The lowest BCUT2D eigenvalue weighted by atomic mass is 10.3. The minimum Gasteiger partial charge on any atom is -0.343 e. The van der Waals surface area contributed by atoms with Gasteiger partial charge in [0.25, 0.3) is 5.91 Å². The molecule has 0 bridgehead atoms. The molecule has 0 aliphatic rings. The second-order valence-corrected chi connectivity index (χ2v) is 5.84. The van der Waals surface area contributed by atoms with Gasteiger partial charge in [0.05, 0.1) is 12.2 Å². The van der Waals surface area contributed by atoms with Crippen molar-refractivity contribution in [3.63, 3.8) is 0 Å². The van der Waals surface area contributed by atoms with Crippen molar-refractivity contribution in [3.05, 3.63) is 40.2 Å². The summed E-state index contributed by atoms with van der Waals surface area (Å²) in [7, 11) is 0. The summed E-state index contributed by atoms with van der Waals surface area (Å²) in [6.45, 7) is 3.06. The lowest BCUT2D eigenvalue weighted by Crippen LogP contribution is -2.24. The molecule has 0 radical (unpaired) electrons. The quantitative estimate of drug-likeness (QED) is 0.754. The van der Waals surface area contributed by atoms with Gasteiger partial charge in [0.15, 0.2) is 11.5 Å². The number of carbonyl (C=O) groups is 1. The molecular formula is C13H11F3N6O2S. The van der Waals surface area contributed by atoms with Crippen LogP contribution in [0.1, 0.15) is 33.6 Å². The predicted molar refractivity (Wildman–Crippen MR) is 79.2 cm³/mol. The van der Waals surface area contributed by atoms with Gasteiger partial charge >= 0.3 is 6.18 Å². The van der Waals surface area contributed by atoms with Crippen molar-refractivity contribution >= 4 is 17.2 Å². The first kappa shape index (κ1) is 17.1. The maximum atomic E-state index is 13.0. The number of hydrogen-bond acceptors (Lipinski definition) is 7. The first-order valence-corrected chi connectivity index (χ1v) is 7.79. The maximum absolute atomic E-state index is 13.0. The zero-order valence-corrected chi connectivity index (χ0v) is 13.8. The molecule has 0 saturated heterocycles. The number of halogens is 3. The standard InChI is InChI=1S/C13H11F3N6O2S/c1-6-3-9(13(14,15)16)22(20-6)12-19-8(5-25-12)11(23)17-4-10-18-7(2)24-21-10/h3,5H,4H2,1-2H3,(H,17,23). The van der Waals surface area contributed by atoms with Gasteiger partial charge in [0, 0.05) is 12.3 Å². The number of hydrogen-bond donors (Lipinski definition) is 1. The van der Waals surface area contributed by atoms with E-state index in [1.807, 2.05) is 0 Å². The van der Waals surface area contributed by atoms with Crippen LogP contribution in [0.2, 0.25) is 0 Å². The highest BCUT2D eigenvalue weighted by Crippen LogP contribution is 2.32. The maximum Gasteiger partial charge on any atom is 0.433 e. The summed E-state index contributed by atoms with van der Waals surface area (Å²) in [5.74, 6) is 0.0691. The summed E-state index contributed by atoms with van der Waals surface area (Å²) in [5.41, 5.74) is -0.781. The number of amides is 1. The Morgan fingerprint density at radius 2 is 2.12 bits per heavy atom. The predicted octanol–water partition coefficient (Wildman–Crippen LogP) is 2.28. The molecule has 0 fully saturated rings. The molecule has 3 rings (SSSR count). The van der Waals surface area contributed by atoms with Gasteiger partial charge in [-0.2, -0.15) is 23.3 Å². The number of carbonyl (C=O) groups excluding carboxylic acids is 1. The van der Waals surface area contributed by atoms with Gasteiger partial charge in [-0.3, -0.25) is 4.79 Å². The van der Waals surface area contributed by atoms with Gasteiger partial charge < -0.3 is 9.84 Å². The van der Waals surface area contributed by atoms with Gasteiger partial charge in [-0.05, 0) is 13.0 Å². The number of nitrogens with one attached hydrogen (secondary N) is 1. The molecule has 0 atom stereocenters. The average molecular weight is 372 g/mol. The van der Waals surface area contributed by atoms with Crippen molar-refractivity contribution in [1.29, 1.82) is 0 Å². The van der Waals surface area contributed by atoms with E-state index in [0.717, 1.165) is 17.4 Å². The Balaban J connectivity index is 1.77. The van der Waals surface area contributed by atoms with Crippen LogP contribution in [0.4, 0.5) is 13.2 Å². The molecule has 0 aromatic carbocycles. The molecule has 0 aliphatic carbocycles. The third-order valence-electron chi connectivity index (χ3n) is 3.00. The third-order valence-corrected chi connectivity index (χ3v) is 3.82. The molecule has 0 spiro atoms. The van der Waals surface area contributed by atoms with E-state index >= 15 is 0 Å². The zero-order valence-electron chi connectivity index (χ0n) is 13.0. The van der Waals surface area contributed by atoms with E-state index in [2.05, 4.69) is 25.5 Å². The van der Waals surface area contributed by atoms with Crippen molar-refractivity contribution in [2.75, 3.05) is 0 Å². The molecule has 3 aromatic rings. The highest BCUT2D eigenvalue weighted by molar-refractivity contribution is 7.12. The van der Waals surface area contributed by atoms with Gasteiger partial charge in [0.1, 0.15) is 5.69 Å². The zero-order chi connectivity index (χ0) is 18.2. The van der Waals surface area contributed by atoms with Crippen molar-refractivity contribution in [1.82, 2.24) is 30.2 Å². The molecule has 1 N–H and O–H groups in total. The summed E-state index contributed by atoms with van der Waals surface area (Å²) >= 11 is 0.879. The molecular weight excluding hydrogens is 361 g/mol. The fourth-order valence-corrected chi connectivity index (χ4v) is 2.74. The van der Waals surface area contributed by atoms with Crippen LogP contribution in [0.25, 0.3) is 5.13 Å². The monoisotopic (exact) mass is 372 g/mol. The molecule has 3 aromatic heterocycles. The second-order valence-electron chi connectivity index (χ2n) is 5.01. The lowest BCUT2D eigenvalue weighted by molar-refractivity contribution is -0.142. The summed E-state index contributed by atoms with van der Waals surface area (Å²) in [4.78, 5) is 19.9. The van der Waals surface area contributed by atoms with Crippen molar-refractivity contribution in [2.24, 2.45) is 0 Å². The van der Waals surface area contributed by atoms with E-state index in [1.165, 1.54) is 12.3 Å². The number of nitrogens with zero attached hydrogens (tertiary/aromatic N) is 5. The van der Waals surface area contributed by atoms with E-state index in [-0.39, 0.29) is 28.9 Å². The van der Waals surface area contributed by atoms with Crippen molar-refractivity contribution < 1.29 is 22.5 Å². The Morgan fingerprint density at radius 3 is 2.76 bits per heavy atom. The van der Waals surface area contributed by atoms with Crippen LogP contribution < -0.4 is 5.32 Å². The van der Waals surface area contributed by atoms with Crippen LogP contribution in [0.3, 0.4) is 0 Å². The fourth-order valence-electron chi connectivity index (χ4n) is 1.98. The lowest BCUT2D eigenvalue weighted by Gasteiger charge is -2.07. The molecule has 25 heavy (non-hydrogen) atoms. The van der Waals surface area contributed by atoms with Crippen LogP contribution in [0.15, 0.2) is 16.0 Å². The Hall–Kier alpha value is -2.76. The summed E-state index contributed by atoms with van der Waals surface area (Å²) < 4.78 is 44.6. The SMILES string of the molecule is Cc1cc(C(F)(F)F)n(-c2nc(C(=O)NCc3noc(C)n3)cs2)n1. The normalized spacial score (nSPS) is 11.7. The Labute approximate surface area is 142 Å². The van der Waals surface area contributed by atoms with E-state index in [9.17, 15) is 18.0 Å². The molecule has 0 aliphatic heterocycles. The second kappa shape index (κ2) is 6.27. The first-order valence-electron chi connectivity index (χ1n) is 6.91. The number of thiazole rings is 1. The van der Waals surface area contributed by atoms with Crippen LogP contribution >= 0.6 is 11.3 Å². The smallest absolute Gasteiger partial charge is 0.343 e. The molecule has 12 heteroatoms. The Kier molecular flexibility index (Phi) is 4.29. The molecule has 1 amide bonds. The molecule has 8 nitrogen and oxygen atoms in total. The topological polar surface area (TPSA) is 98.7 Å². The van der Waals surface area contributed by atoms with E-state index in [0.29, 0.717) is 10.6 Å². The first-order chi connectivity index (χ1) is 11.7. The van der Waals surface area contributed by atoms with E-state index in [1.54, 1.807) is 6.92 Å². The van der Waals surface area contributed by atoms with Gasteiger partial charge in [-0.1, -0.05) is 5.16 Å². The highest BCUT2D eigenvalue weighted by Gasteiger charge is 2.36. The number of aromatic nitrogens is 5. The molecule has 0 saturated carbocycles. The minimum atomic E-state index is -4.58. The Bertz CT molecular complexity index is 913. The molecule has 132 valence electrons. The fraction of sp³-hybridized carbons (Fsp3) is 0.308. The third kappa shape index (κ3) is 3.68. The van der Waals surface area contributed by atoms with Crippen LogP contribution in [-0.4, -0.2) is 30.8 Å². The summed E-state index contributed by atoms with van der Waals surface area (Å²) in [5, 5.41) is 11.2. The van der Waals surface area contributed by atoms with Crippen molar-refractivity contribution in [2.45, 2.75) is 26.6 Å². The van der Waals surface area contributed by atoms with E-state index in [4.69, 9.17) is 4.52 Å². The van der Waals surface area contributed by atoms with E-state index < -0.39 is 17.8 Å². The Morgan fingerprint density at radius 1 is 1.36 bits per heavy atom. The number of alkyl halides is 3. The van der Waals surface area contributed by atoms with Crippen molar-refractivity contribution in [3.8, 4) is 5.13 Å². The highest BCUT2D eigenvalue weighted by atomic mass is 32.1. The van der Waals surface area contributed by atoms with Crippen LogP contribution in [0, 0.1) is 13.8 Å². The van der Waals surface area contributed by atoms with Crippen LogP contribution in [-0.2, 0) is 12.7 Å². The summed E-state index contributed by atoms with van der Waals surface area (Å²) in [6.07, 6.45) is -4.58. The van der Waals surface area contributed by atoms with Gasteiger partial charge in [0.2, 0.25) is 11.0 Å². The van der Waals surface area contributed by atoms with Crippen LogP contribution in [0.5, 0.6) is 0 Å². The molecule has 0 unspecified atom stereocenters. The van der Waals surface area contributed by atoms with Gasteiger partial charge in [-0.25, -0.2) is 9.67 Å². The minimum absolute atomic E-state index is 0.0116. The number of rotatable bonds is 4.